The second kappa shape index (κ2) is 13.3. The lowest BCUT2D eigenvalue weighted by Gasteiger charge is -2.27. The zero-order chi connectivity index (χ0) is 26.8. The Morgan fingerprint density at radius 3 is 2.49 bits per heavy atom. The maximum atomic E-state index is 13.5. The van der Waals surface area contributed by atoms with E-state index in [1.54, 1.807) is 31.2 Å². The van der Waals surface area contributed by atoms with Gasteiger partial charge in [0.1, 0.15) is 18.1 Å². The number of nitro groups is 1. The standard InChI is InChI=1S/C27H30FN3O6/c1-3-36-14-5-13-29(27(33)22-10-7-20(2)25(16-22)31(34)35)19-26(32)30(18-24-6-4-15-37-24)17-21-8-11-23(28)12-9-21/h4,6-12,15-16H,3,5,13-14,17-19H2,1-2H3. The van der Waals surface area contributed by atoms with Crippen LogP contribution in [0, 0.1) is 22.9 Å². The molecule has 10 heteroatoms. The molecular weight excluding hydrogens is 481 g/mol. The van der Waals surface area contributed by atoms with Gasteiger partial charge in [-0.05, 0) is 56.2 Å². The van der Waals surface area contributed by atoms with Crippen molar-refractivity contribution >= 4 is 17.5 Å². The van der Waals surface area contributed by atoms with Crippen molar-refractivity contribution in [2.45, 2.75) is 33.4 Å². The van der Waals surface area contributed by atoms with Crippen LogP contribution in [-0.2, 0) is 22.6 Å². The number of halogens is 1. The number of carbonyl (C=O) groups excluding carboxylic acids is 2. The molecule has 0 N–H and O–H groups in total. The Morgan fingerprint density at radius 1 is 1.08 bits per heavy atom. The molecule has 0 radical (unpaired) electrons. The van der Waals surface area contributed by atoms with E-state index in [2.05, 4.69) is 0 Å². The largest absolute Gasteiger partial charge is 0.467 e. The minimum absolute atomic E-state index is 0.123. The molecule has 1 aromatic heterocycles. The van der Waals surface area contributed by atoms with E-state index in [1.165, 1.54) is 46.4 Å². The normalized spacial score (nSPS) is 10.8. The lowest BCUT2D eigenvalue weighted by molar-refractivity contribution is -0.385. The number of carbonyl (C=O) groups is 2. The number of amides is 2. The molecule has 9 nitrogen and oxygen atoms in total. The number of aryl methyl sites for hydroxylation is 1. The second-order valence-electron chi connectivity index (χ2n) is 8.49. The van der Waals surface area contributed by atoms with E-state index in [4.69, 9.17) is 9.15 Å². The summed E-state index contributed by atoms with van der Waals surface area (Å²) in [4.78, 5) is 40.6. The lowest BCUT2D eigenvalue weighted by Crippen LogP contribution is -2.43. The quantitative estimate of drug-likeness (QED) is 0.187. The Labute approximate surface area is 214 Å². The highest BCUT2D eigenvalue weighted by atomic mass is 19.1. The van der Waals surface area contributed by atoms with E-state index >= 15 is 0 Å². The van der Waals surface area contributed by atoms with Crippen LogP contribution in [0.1, 0.15) is 40.6 Å². The number of hydrogen-bond donors (Lipinski definition) is 0. The number of ether oxygens (including phenoxy) is 1. The molecular formula is C27H30FN3O6. The summed E-state index contributed by atoms with van der Waals surface area (Å²) in [6.07, 6.45) is 1.99. The van der Waals surface area contributed by atoms with Gasteiger partial charge in [-0.2, -0.15) is 0 Å². The molecule has 0 unspecified atom stereocenters. The number of hydrogen-bond acceptors (Lipinski definition) is 6. The van der Waals surface area contributed by atoms with Gasteiger partial charge in [-0.25, -0.2) is 4.39 Å². The van der Waals surface area contributed by atoms with Gasteiger partial charge in [0.05, 0.1) is 17.7 Å². The van der Waals surface area contributed by atoms with Gasteiger partial charge < -0.3 is 19.0 Å². The van der Waals surface area contributed by atoms with Crippen molar-refractivity contribution in [1.82, 2.24) is 9.80 Å². The molecule has 196 valence electrons. The first-order chi connectivity index (χ1) is 17.8. The van der Waals surface area contributed by atoms with E-state index in [-0.39, 0.29) is 49.2 Å². The molecule has 3 rings (SSSR count). The van der Waals surface area contributed by atoms with E-state index in [1.807, 2.05) is 6.92 Å². The average Bonchev–Trinajstić information content (AvgIpc) is 3.39. The molecule has 0 saturated carbocycles. The predicted molar refractivity (Wildman–Crippen MR) is 134 cm³/mol. The lowest BCUT2D eigenvalue weighted by atomic mass is 10.1. The van der Waals surface area contributed by atoms with Crippen LogP contribution in [0.15, 0.2) is 65.3 Å². The Morgan fingerprint density at radius 2 is 1.84 bits per heavy atom. The summed E-state index contributed by atoms with van der Waals surface area (Å²) in [6.45, 7) is 4.67. The Kier molecular flexibility index (Phi) is 9.91. The fraction of sp³-hybridized carbons (Fsp3) is 0.333. The summed E-state index contributed by atoms with van der Waals surface area (Å²) in [5, 5.41) is 11.4. The van der Waals surface area contributed by atoms with Crippen LogP contribution in [0.3, 0.4) is 0 Å². The SMILES string of the molecule is CCOCCCN(CC(=O)N(Cc1ccc(F)cc1)Cc1ccco1)C(=O)c1ccc(C)c([N+](=O)[O-])c1. The Hall–Kier alpha value is -4.05. The van der Waals surface area contributed by atoms with Gasteiger partial charge in [-0.15, -0.1) is 0 Å². The van der Waals surface area contributed by atoms with Gasteiger partial charge in [0.15, 0.2) is 0 Å². The zero-order valence-electron chi connectivity index (χ0n) is 20.9. The smallest absolute Gasteiger partial charge is 0.273 e. The predicted octanol–water partition coefficient (Wildman–Crippen LogP) is 4.73. The molecule has 37 heavy (non-hydrogen) atoms. The van der Waals surface area contributed by atoms with Crippen LogP contribution in [0.4, 0.5) is 10.1 Å². The molecule has 0 saturated heterocycles. The molecule has 3 aromatic rings. The van der Waals surface area contributed by atoms with E-state index in [0.717, 1.165) is 0 Å². The highest BCUT2D eigenvalue weighted by molar-refractivity contribution is 5.97. The first-order valence-electron chi connectivity index (χ1n) is 11.9. The van der Waals surface area contributed by atoms with Crippen LogP contribution in [0.2, 0.25) is 0 Å². The summed E-state index contributed by atoms with van der Waals surface area (Å²) in [5.41, 5.74) is 1.11. The summed E-state index contributed by atoms with van der Waals surface area (Å²) in [5.74, 6) is -0.676. The molecule has 1 heterocycles. The Bertz CT molecular complexity index is 1200. The molecule has 2 amide bonds. The van der Waals surface area contributed by atoms with Crippen LogP contribution in [0.25, 0.3) is 0 Å². The molecule has 0 aliphatic rings. The molecule has 2 aromatic carbocycles. The number of benzene rings is 2. The van der Waals surface area contributed by atoms with Gasteiger partial charge in [0, 0.05) is 43.5 Å². The van der Waals surface area contributed by atoms with Crippen molar-refractivity contribution in [2.75, 3.05) is 26.3 Å². The number of nitrogens with zero attached hydrogens (tertiary/aromatic N) is 3. The maximum absolute atomic E-state index is 13.5. The van der Waals surface area contributed by atoms with E-state index in [9.17, 15) is 24.1 Å². The first kappa shape index (κ1) is 27.5. The fourth-order valence-corrected chi connectivity index (χ4v) is 3.77. The summed E-state index contributed by atoms with van der Waals surface area (Å²) >= 11 is 0. The zero-order valence-corrected chi connectivity index (χ0v) is 20.9. The van der Waals surface area contributed by atoms with E-state index in [0.29, 0.717) is 36.5 Å². The second-order valence-corrected chi connectivity index (χ2v) is 8.49. The van der Waals surface area contributed by atoms with Crippen molar-refractivity contribution in [3.05, 3.63) is 99.2 Å². The number of nitro benzene ring substituents is 1. The number of rotatable bonds is 13. The minimum atomic E-state index is -0.537. The third-order valence-electron chi connectivity index (χ3n) is 5.75. The summed E-state index contributed by atoms with van der Waals surface area (Å²) in [7, 11) is 0. The maximum Gasteiger partial charge on any atom is 0.273 e. The summed E-state index contributed by atoms with van der Waals surface area (Å²) < 4.78 is 24.2. The fourth-order valence-electron chi connectivity index (χ4n) is 3.77. The van der Waals surface area contributed by atoms with Crippen molar-refractivity contribution in [1.29, 1.82) is 0 Å². The van der Waals surface area contributed by atoms with Crippen molar-refractivity contribution in [3.63, 3.8) is 0 Å². The summed E-state index contributed by atoms with van der Waals surface area (Å²) in [6, 6.07) is 13.5. The van der Waals surface area contributed by atoms with Gasteiger partial charge in [0.2, 0.25) is 5.91 Å². The molecule has 0 spiro atoms. The Balaban J connectivity index is 1.84. The van der Waals surface area contributed by atoms with Crippen LogP contribution >= 0.6 is 0 Å². The van der Waals surface area contributed by atoms with Crippen molar-refractivity contribution in [2.24, 2.45) is 0 Å². The molecule has 0 aliphatic heterocycles. The third kappa shape index (κ3) is 7.97. The average molecular weight is 512 g/mol. The van der Waals surface area contributed by atoms with Crippen LogP contribution in [0.5, 0.6) is 0 Å². The number of furan rings is 1. The van der Waals surface area contributed by atoms with Gasteiger partial charge >= 0.3 is 0 Å². The van der Waals surface area contributed by atoms with Gasteiger partial charge in [-0.3, -0.25) is 19.7 Å². The third-order valence-corrected chi connectivity index (χ3v) is 5.75. The minimum Gasteiger partial charge on any atom is -0.467 e. The highest BCUT2D eigenvalue weighted by Gasteiger charge is 2.25. The van der Waals surface area contributed by atoms with E-state index < -0.39 is 10.8 Å². The molecule has 0 aliphatic carbocycles. The van der Waals surface area contributed by atoms with Gasteiger partial charge in [0.25, 0.3) is 11.6 Å². The highest BCUT2D eigenvalue weighted by Crippen LogP contribution is 2.21. The molecule has 0 atom stereocenters. The van der Waals surface area contributed by atoms with Crippen molar-refractivity contribution in [3.8, 4) is 0 Å². The molecule has 0 bridgehead atoms. The topological polar surface area (TPSA) is 106 Å². The monoisotopic (exact) mass is 511 g/mol. The first-order valence-corrected chi connectivity index (χ1v) is 11.9. The van der Waals surface area contributed by atoms with Crippen LogP contribution in [-0.4, -0.2) is 52.8 Å². The van der Waals surface area contributed by atoms with Crippen molar-refractivity contribution < 1.29 is 28.1 Å². The van der Waals surface area contributed by atoms with Crippen LogP contribution < -0.4 is 0 Å². The van der Waals surface area contributed by atoms with Gasteiger partial charge in [-0.1, -0.05) is 18.2 Å². The molecule has 0 fully saturated rings.